The molecular weight excluding hydrogens is 248 g/mol. The largest absolute Gasteiger partial charge is 0.444 e. The molecule has 1 fully saturated rings. The Hall–Kier alpha value is -1.50. The SMILES string of the molecule is C[C@@H](C(N)=NO)N1CC(N(C)C(=O)OC(C)(C)C)C1. The van der Waals surface area contributed by atoms with Gasteiger partial charge >= 0.3 is 6.09 Å². The molecule has 1 aliphatic heterocycles. The van der Waals surface area contributed by atoms with Crippen LogP contribution in [0.4, 0.5) is 4.79 Å². The van der Waals surface area contributed by atoms with Gasteiger partial charge in [0.15, 0.2) is 5.84 Å². The molecule has 3 N–H and O–H groups in total. The van der Waals surface area contributed by atoms with E-state index in [0.29, 0.717) is 13.1 Å². The van der Waals surface area contributed by atoms with Gasteiger partial charge in [-0.3, -0.25) is 4.90 Å². The number of amidine groups is 1. The molecule has 0 aliphatic carbocycles. The third-order valence-electron chi connectivity index (χ3n) is 3.21. The highest BCUT2D eigenvalue weighted by Gasteiger charge is 2.37. The molecule has 0 radical (unpaired) electrons. The first-order chi connectivity index (χ1) is 8.65. The molecule has 0 bridgehead atoms. The summed E-state index contributed by atoms with van der Waals surface area (Å²) in [6.07, 6.45) is -0.325. The van der Waals surface area contributed by atoms with Crippen molar-refractivity contribution in [2.24, 2.45) is 10.9 Å². The van der Waals surface area contributed by atoms with Crippen LogP contribution in [0.1, 0.15) is 27.7 Å². The van der Waals surface area contributed by atoms with Gasteiger partial charge in [-0.2, -0.15) is 0 Å². The second-order valence-electron chi connectivity index (χ2n) is 5.90. The van der Waals surface area contributed by atoms with Crippen LogP contribution in [0.2, 0.25) is 0 Å². The van der Waals surface area contributed by atoms with E-state index < -0.39 is 5.60 Å². The number of carbonyl (C=O) groups is 1. The van der Waals surface area contributed by atoms with Crippen molar-refractivity contribution in [3.63, 3.8) is 0 Å². The minimum Gasteiger partial charge on any atom is -0.444 e. The van der Waals surface area contributed by atoms with Crippen LogP contribution in [0.25, 0.3) is 0 Å². The van der Waals surface area contributed by atoms with Crippen LogP contribution in [0, 0.1) is 0 Å². The summed E-state index contributed by atoms with van der Waals surface area (Å²) in [5.41, 5.74) is 5.05. The van der Waals surface area contributed by atoms with E-state index in [-0.39, 0.29) is 24.0 Å². The van der Waals surface area contributed by atoms with Crippen molar-refractivity contribution in [3.05, 3.63) is 0 Å². The summed E-state index contributed by atoms with van der Waals surface area (Å²) in [5, 5.41) is 11.6. The Morgan fingerprint density at radius 3 is 2.47 bits per heavy atom. The van der Waals surface area contributed by atoms with Gasteiger partial charge in [-0.15, -0.1) is 0 Å². The molecule has 1 saturated heterocycles. The van der Waals surface area contributed by atoms with E-state index in [1.807, 2.05) is 32.6 Å². The van der Waals surface area contributed by atoms with Crippen molar-refractivity contribution in [1.29, 1.82) is 0 Å². The Morgan fingerprint density at radius 1 is 1.53 bits per heavy atom. The number of amides is 1. The van der Waals surface area contributed by atoms with Crippen LogP contribution in [0.5, 0.6) is 0 Å². The summed E-state index contributed by atoms with van der Waals surface area (Å²) >= 11 is 0. The van der Waals surface area contributed by atoms with Gasteiger partial charge in [0.2, 0.25) is 0 Å². The fourth-order valence-corrected chi connectivity index (χ4v) is 1.80. The predicted molar refractivity (Wildman–Crippen MR) is 72.2 cm³/mol. The van der Waals surface area contributed by atoms with E-state index in [2.05, 4.69) is 5.16 Å². The molecule has 0 aromatic carbocycles. The van der Waals surface area contributed by atoms with E-state index in [0.717, 1.165) is 0 Å². The Bertz CT molecular complexity index is 358. The van der Waals surface area contributed by atoms with Crippen molar-refractivity contribution in [1.82, 2.24) is 9.80 Å². The molecule has 19 heavy (non-hydrogen) atoms. The minimum atomic E-state index is -0.490. The second-order valence-corrected chi connectivity index (χ2v) is 5.90. The Morgan fingerprint density at radius 2 is 2.05 bits per heavy atom. The number of likely N-dealkylation sites (N-methyl/N-ethyl adjacent to an activating group) is 1. The van der Waals surface area contributed by atoms with Gasteiger partial charge in [0.05, 0.1) is 12.1 Å². The maximum absolute atomic E-state index is 11.9. The van der Waals surface area contributed by atoms with E-state index in [4.69, 9.17) is 15.7 Å². The summed E-state index contributed by atoms with van der Waals surface area (Å²) in [5.74, 6) is 0.179. The predicted octanol–water partition coefficient (Wildman–Crippen LogP) is 0.672. The van der Waals surface area contributed by atoms with Crippen molar-refractivity contribution >= 4 is 11.9 Å². The molecule has 0 aromatic rings. The normalized spacial score (nSPS) is 19.7. The summed E-state index contributed by atoms with van der Waals surface area (Å²) in [6.45, 7) is 8.75. The lowest BCUT2D eigenvalue weighted by Gasteiger charge is -2.46. The monoisotopic (exact) mass is 272 g/mol. The lowest BCUT2D eigenvalue weighted by Crippen LogP contribution is -2.64. The first-order valence-corrected chi connectivity index (χ1v) is 6.33. The minimum absolute atomic E-state index is 0.101. The second kappa shape index (κ2) is 5.64. The van der Waals surface area contributed by atoms with E-state index in [9.17, 15) is 4.79 Å². The lowest BCUT2D eigenvalue weighted by atomic mass is 10.0. The molecule has 7 nitrogen and oxygen atoms in total. The Balaban J connectivity index is 2.44. The number of hydrogen-bond donors (Lipinski definition) is 2. The van der Waals surface area contributed by atoms with E-state index in [1.54, 1.807) is 11.9 Å². The number of rotatable bonds is 3. The van der Waals surface area contributed by atoms with Crippen molar-refractivity contribution in [2.45, 2.75) is 45.4 Å². The fourth-order valence-electron chi connectivity index (χ4n) is 1.80. The van der Waals surface area contributed by atoms with E-state index in [1.165, 1.54) is 0 Å². The summed E-state index contributed by atoms with van der Waals surface area (Å²) in [4.78, 5) is 15.5. The number of ether oxygens (including phenoxy) is 1. The van der Waals surface area contributed by atoms with Crippen LogP contribution in [0.15, 0.2) is 5.16 Å². The van der Waals surface area contributed by atoms with E-state index >= 15 is 0 Å². The topological polar surface area (TPSA) is 91.4 Å². The van der Waals surface area contributed by atoms with Crippen LogP contribution in [0.3, 0.4) is 0 Å². The van der Waals surface area contributed by atoms with Crippen molar-refractivity contribution in [3.8, 4) is 0 Å². The number of hydrogen-bond acceptors (Lipinski definition) is 5. The molecule has 1 amide bonds. The molecule has 0 saturated carbocycles. The molecule has 7 heteroatoms. The molecule has 0 aromatic heterocycles. The number of likely N-dealkylation sites (tertiary alicyclic amines) is 1. The van der Waals surface area contributed by atoms with Gasteiger partial charge < -0.3 is 20.6 Å². The molecule has 0 spiro atoms. The lowest BCUT2D eigenvalue weighted by molar-refractivity contribution is -0.00726. The third-order valence-corrected chi connectivity index (χ3v) is 3.21. The molecule has 1 atom stereocenters. The zero-order chi connectivity index (χ0) is 14.8. The van der Waals surface area contributed by atoms with Crippen molar-refractivity contribution < 1.29 is 14.7 Å². The molecule has 1 rings (SSSR count). The standard InChI is InChI=1S/C12H24N4O3/c1-8(10(13)14-18)16-6-9(7-16)15(5)11(17)19-12(2,3)4/h8-9,18H,6-7H2,1-5H3,(H2,13,14)/t8-/m0/s1. The van der Waals surface area contributed by atoms with Gasteiger partial charge in [-0.25, -0.2) is 4.79 Å². The van der Waals surface area contributed by atoms with Crippen LogP contribution in [-0.4, -0.2) is 64.8 Å². The van der Waals surface area contributed by atoms with Crippen LogP contribution in [-0.2, 0) is 4.74 Å². The molecular formula is C12H24N4O3. The van der Waals surface area contributed by atoms with Crippen molar-refractivity contribution in [2.75, 3.05) is 20.1 Å². The number of nitrogens with two attached hydrogens (primary N) is 1. The average Bonchev–Trinajstić information content (AvgIpc) is 2.23. The first kappa shape index (κ1) is 15.6. The Kier molecular flexibility index (Phi) is 4.62. The highest BCUT2D eigenvalue weighted by atomic mass is 16.6. The summed E-state index contributed by atoms with van der Waals surface area (Å²) in [6, 6.07) is -0.0305. The molecule has 110 valence electrons. The number of oxime groups is 1. The van der Waals surface area contributed by atoms with Gasteiger partial charge in [-0.05, 0) is 27.7 Å². The number of carbonyl (C=O) groups excluding carboxylic acids is 1. The average molecular weight is 272 g/mol. The maximum atomic E-state index is 11.9. The zero-order valence-corrected chi connectivity index (χ0v) is 12.3. The first-order valence-electron chi connectivity index (χ1n) is 6.33. The van der Waals surface area contributed by atoms with Crippen LogP contribution < -0.4 is 5.73 Å². The van der Waals surface area contributed by atoms with Gasteiger partial charge in [0.1, 0.15) is 5.60 Å². The molecule has 1 aliphatic rings. The van der Waals surface area contributed by atoms with Crippen LogP contribution >= 0.6 is 0 Å². The summed E-state index contributed by atoms with van der Waals surface area (Å²) in [7, 11) is 1.73. The molecule has 0 unspecified atom stereocenters. The fraction of sp³-hybridized carbons (Fsp3) is 0.833. The smallest absolute Gasteiger partial charge is 0.410 e. The quantitative estimate of drug-likeness (QED) is 0.341. The number of nitrogens with zero attached hydrogens (tertiary/aromatic N) is 3. The maximum Gasteiger partial charge on any atom is 0.410 e. The Labute approximate surface area is 114 Å². The third kappa shape index (κ3) is 3.99. The zero-order valence-electron chi connectivity index (χ0n) is 12.3. The molecule has 1 heterocycles. The van der Waals surface area contributed by atoms with Gasteiger partial charge in [-0.1, -0.05) is 5.16 Å². The summed E-state index contributed by atoms with van der Waals surface area (Å²) < 4.78 is 5.30. The highest BCUT2D eigenvalue weighted by molar-refractivity contribution is 5.84. The highest BCUT2D eigenvalue weighted by Crippen LogP contribution is 2.19. The van der Waals surface area contributed by atoms with Gasteiger partial charge in [0, 0.05) is 20.1 Å². The van der Waals surface area contributed by atoms with Gasteiger partial charge in [0.25, 0.3) is 0 Å².